The number of aliphatic hydroxyl groups excluding tert-OH is 1. The van der Waals surface area contributed by atoms with E-state index in [0.29, 0.717) is 5.56 Å². The van der Waals surface area contributed by atoms with Crippen molar-refractivity contribution in [1.29, 1.82) is 0 Å². The molecule has 5 atom stereocenters. The SMILES string of the molecule is COC(=O)[C@H](C)[C@@H]1OC(O)[C@@H](OC(=O)c2ccccc2)[C@H]1C. The highest BCUT2D eigenvalue weighted by Gasteiger charge is 2.47. The molecule has 1 heterocycles. The van der Waals surface area contributed by atoms with Crippen molar-refractivity contribution in [1.82, 2.24) is 0 Å². The van der Waals surface area contributed by atoms with Gasteiger partial charge < -0.3 is 19.3 Å². The van der Waals surface area contributed by atoms with E-state index in [1.165, 1.54) is 7.11 Å². The number of aliphatic hydroxyl groups is 1. The van der Waals surface area contributed by atoms with Crippen LogP contribution in [0.1, 0.15) is 24.2 Å². The third kappa shape index (κ3) is 3.28. The largest absolute Gasteiger partial charge is 0.469 e. The molecule has 120 valence electrons. The molecule has 1 aliphatic rings. The van der Waals surface area contributed by atoms with Crippen LogP contribution in [0.25, 0.3) is 0 Å². The molecule has 0 bridgehead atoms. The molecule has 6 nitrogen and oxygen atoms in total. The Kier molecular flexibility index (Phi) is 5.15. The second-order valence-electron chi connectivity index (χ2n) is 5.40. The monoisotopic (exact) mass is 308 g/mol. The van der Waals surface area contributed by atoms with Gasteiger partial charge in [0.25, 0.3) is 0 Å². The summed E-state index contributed by atoms with van der Waals surface area (Å²) in [5, 5.41) is 9.98. The lowest BCUT2D eigenvalue weighted by Gasteiger charge is -2.22. The van der Waals surface area contributed by atoms with Crippen LogP contribution in [0.15, 0.2) is 30.3 Å². The quantitative estimate of drug-likeness (QED) is 0.846. The molecule has 1 aliphatic heterocycles. The van der Waals surface area contributed by atoms with Gasteiger partial charge in [-0.1, -0.05) is 25.1 Å². The number of rotatable bonds is 4. The van der Waals surface area contributed by atoms with E-state index in [4.69, 9.17) is 9.47 Å². The number of ether oxygens (including phenoxy) is 3. The average Bonchev–Trinajstić information content (AvgIpc) is 2.82. The Hall–Kier alpha value is -1.92. The Morgan fingerprint density at radius 1 is 1.27 bits per heavy atom. The van der Waals surface area contributed by atoms with E-state index >= 15 is 0 Å². The zero-order chi connectivity index (χ0) is 16.3. The molecular formula is C16H20O6. The van der Waals surface area contributed by atoms with E-state index in [-0.39, 0.29) is 5.92 Å². The summed E-state index contributed by atoms with van der Waals surface area (Å²) in [5.41, 5.74) is 0.395. The normalized spacial score (nSPS) is 28.9. The molecule has 2 rings (SSSR count). The first-order chi connectivity index (χ1) is 10.5. The molecule has 0 radical (unpaired) electrons. The lowest BCUT2D eigenvalue weighted by Crippen LogP contribution is -2.34. The highest BCUT2D eigenvalue weighted by atomic mass is 16.7. The van der Waals surface area contributed by atoms with Crippen molar-refractivity contribution in [2.75, 3.05) is 7.11 Å². The molecule has 0 aromatic heterocycles. The maximum Gasteiger partial charge on any atom is 0.338 e. The van der Waals surface area contributed by atoms with Gasteiger partial charge in [0.1, 0.15) is 0 Å². The third-order valence-electron chi connectivity index (χ3n) is 3.93. The van der Waals surface area contributed by atoms with Crippen LogP contribution in [-0.4, -0.2) is 42.7 Å². The molecule has 0 aliphatic carbocycles. The Morgan fingerprint density at radius 2 is 1.91 bits per heavy atom. The second-order valence-corrected chi connectivity index (χ2v) is 5.40. The Labute approximate surface area is 129 Å². The maximum absolute atomic E-state index is 12.1. The predicted octanol–water partition coefficient (Wildman–Crippen LogP) is 1.37. The standard InChI is InChI=1S/C16H20O6/c1-9-12(10(2)14(17)20-3)21-16(19)13(9)22-15(18)11-7-5-4-6-8-11/h4-10,12-13,16,19H,1-3H3/t9-,10+,12+,13-,16?/m0/s1. The molecular weight excluding hydrogens is 288 g/mol. The van der Waals surface area contributed by atoms with Gasteiger partial charge in [-0.15, -0.1) is 0 Å². The van der Waals surface area contributed by atoms with Crippen LogP contribution in [0, 0.1) is 11.8 Å². The van der Waals surface area contributed by atoms with E-state index in [9.17, 15) is 14.7 Å². The fourth-order valence-electron chi connectivity index (χ4n) is 2.63. The van der Waals surface area contributed by atoms with E-state index in [1.54, 1.807) is 44.2 Å². The van der Waals surface area contributed by atoms with E-state index in [0.717, 1.165) is 0 Å². The fourth-order valence-corrected chi connectivity index (χ4v) is 2.63. The van der Waals surface area contributed by atoms with Gasteiger partial charge in [0.15, 0.2) is 12.4 Å². The summed E-state index contributed by atoms with van der Waals surface area (Å²) in [5.74, 6) is -1.86. The number of benzene rings is 1. The summed E-state index contributed by atoms with van der Waals surface area (Å²) in [6.45, 7) is 3.42. The molecule has 1 saturated heterocycles. The smallest absolute Gasteiger partial charge is 0.338 e. The molecule has 0 spiro atoms. The molecule has 0 saturated carbocycles. The molecule has 1 fully saturated rings. The summed E-state index contributed by atoms with van der Waals surface area (Å²) < 4.78 is 15.4. The van der Waals surface area contributed by atoms with Crippen molar-refractivity contribution in [3.8, 4) is 0 Å². The zero-order valence-corrected chi connectivity index (χ0v) is 12.8. The molecule has 1 aromatic rings. The highest BCUT2D eigenvalue weighted by Crippen LogP contribution is 2.33. The molecule has 1 N–H and O–H groups in total. The van der Waals surface area contributed by atoms with Gasteiger partial charge in [-0.3, -0.25) is 4.79 Å². The number of carbonyl (C=O) groups excluding carboxylic acids is 2. The van der Waals surface area contributed by atoms with Gasteiger partial charge in [0.2, 0.25) is 0 Å². The number of methoxy groups -OCH3 is 1. The average molecular weight is 308 g/mol. The predicted molar refractivity (Wildman–Crippen MR) is 76.9 cm³/mol. The third-order valence-corrected chi connectivity index (χ3v) is 3.93. The number of hydrogen-bond donors (Lipinski definition) is 1. The first kappa shape index (κ1) is 16.5. The molecule has 22 heavy (non-hydrogen) atoms. The van der Waals surface area contributed by atoms with Gasteiger partial charge in [0.05, 0.1) is 24.7 Å². The highest BCUT2D eigenvalue weighted by molar-refractivity contribution is 5.89. The van der Waals surface area contributed by atoms with Crippen LogP contribution in [0.4, 0.5) is 0 Å². The first-order valence-corrected chi connectivity index (χ1v) is 7.13. The minimum atomic E-state index is -1.26. The summed E-state index contributed by atoms with van der Waals surface area (Å²) in [7, 11) is 1.29. The zero-order valence-electron chi connectivity index (χ0n) is 12.8. The topological polar surface area (TPSA) is 82.1 Å². The van der Waals surface area contributed by atoms with Crippen LogP contribution in [-0.2, 0) is 19.0 Å². The summed E-state index contributed by atoms with van der Waals surface area (Å²) >= 11 is 0. The number of hydrogen-bond acceptors (Lipinski definition) is 6. The van der Waals surface area contributed by atoms with Gasteiger partial charge >= 0.3 is 11.9 Å². The van der Waals surface area contributed by atoms with Crippen molar-refractivity contribution in [2.45, 2.75) is 32.3 Å². The van der Waals surface area contributed by atoms with Gasteiger partial charge in [-0.25, -0.2) is 4.79 Å². The Morgan fingerprint density at radius 3 is 2.50 bits per heavy atom. The number of esters is 2. The minimum absolute atomic E-state index is 0.336. The molecule has 0 amide bonds. The lowest BCUT2D eigenvalue weighted by molar-refractivity contribution is -0.160. The summed E-state index contributed by atoms with van der Waals surface area (Å²) in [6, 6.07) is 8.50. The Balaban J connectivity index is 2.06. The first-order valence-electron chi connectivity index (χ1n) is 7.13. The fraction of sp³-hybridized carbons (Fsp3) is 0.500. The van der Waals surface area contributed by atoms with Crippen molar-refractivity contribution in [3.05, 3.63) is 35.9 Å². The van der Waals surface area contributed by atoms with Crippen molar-refractivity contribution in [3.63, 3.8) is 0 Å². The van der Waals surface area contributed by atoms with Gasteiger partial charge in [0, 0.05) is 5.92 Å². The van der Waals surface area contributed by atoms with Crippen LogP contribution >= 0.6 is 0 Å². The van der Waals surface area contributed by atoms with Crippen LogP contribution in [0.2, 0.25) is 0 Å². The van der Waals surface area contributed by atoms with Crippen molar-refractivity contribution in [2.24, 2.45) is 11.8 Å². The van der Waals surface area contributed by atoms with E-state index < -0.39 is 36.4 Å². The lowest BCUT2D eigenvalue weighted by atomic mass is 9.91. The number of carbonyl (C=O) groups is 2. The van der Waals surface area contributed by atoms with Gasteiger partial charge in [-0.2, -0.15) is 0 Å². The van der Waals surface area contributed by atoms with Crippen molar-refractivity contribution >= 4 is 11.9 Å². The van der Waals surface area contributed by atoms with E-state index in [2.05, 4.69) is 4.74 Å². The summed E-state index contributed by atoms with van der Waals surface area (Å²) in [4.78, 5) is 23.7. The summed E-state index contributed by atoms with van der Waals surface area (Å²) in [6.07, 6.45) is -2.67. The second kappa shape index (κ2) is 6.89. The van der Waals surface area contributed by atoms with Gasteiger partial charge in [-0.05, 0) is 19.1 Å². The van der Waals surface area contributed by atoms with Crippen LogP contribution in [0.5, 0.6) is 0 Å². The molecule has 6 heteroatoms. The Bertz CT molecular complexity index is 529. The van der Waals surface area contributed by atoms with Crippen molar-refractivity contribution < 1.29 is 28.9 Å². The molecule has 1 aromatic carbocycles. The minimum Gasteiger partial charge on any atom is -0.469 e. The molecule has 1 unspecified atom stereocenters. The van der Waals surface area contributed by atoms with Crippen LogP contribution < -0.4 is 0 Å². The van der Waals surface area contributed by atoms with E-state index in [1.807, 2.05) is 0 Å². The maximum atomic E-state index is 12.1. The van der Waals surface area contributed by atoms with Crippen LogP contribution in [0.3, 0.4) is 0 Å².